The number of rotatable bonds is 3. The summed E-state index contributed by atoms with van der Waals surface area (Å²) in [5.74, 6) is 0. The van der Waals surface area contributed by atoms with Gasteiger partial charge >= 0.3 is 0 Å². The quantitative estimate of drug-likeness (QED) is 0.750. The minimum absolute atomic E-state index is 0.0290. The summed E-state index contributed by atoms with van der Waals surface area (Å²) >= 11 is 0. The standard InChI is InChI=1S/C12H22N2/c1-6-7-11(5)8-12(11,9-13)14-10(2,3)4/h14H,6-8H2,1-5H3. The maximum Gasteiger partial charge on any atom is 0.113 e. The molecule has 0 amide bonds. The Labute approximate surface area is 87.7 Å². The molecule has 0 heterocycles. The van der Waals surface area contributed by atoms with Crippen molar-refractivity contribution in [3.8, 4) is 6.07 Å². The van der Waals surface area contributed by atoms with Crippen molar-refractivity contribution in [1.82, 2.24) is 5.32 Å². The van der Waals surface area contributed by atoms with Gasteiger partial charge in [0.1, 0.15) is 5.54 Å². The topological polar surface area (TPSA) is 35.8 Å². The number of nitrogens with zero attached hydrogens (tertiary/aromatic N) is 1. The molecular formula is C12H22N2. The first-order valence-corrected chi connectivity index (χ1v) is 5.49. The first-order chi connectivity index (χ1) is 6.29. The fourth-order valence-electron chi connectivity index (χ4n) is 2.43. The van der Waals surface area contributed by atoms with Crippen molar-refractivity contribution in [1.29, 1.82) is 5.26 Å². The highest BCUT2D eigenvalue weighted by Gasteiger charge is 2.65. The Kier molecular flexibility index (Phi) is 2.67. The molecular weight excluding hydrogens is 172 g/mol. The van der Waals surface area contributed by atoms with E-state index in [-0.39, 0.29) is 16.5 Å². The van der Waals surface area contributed by atoms with Crippen LogP contribution in [-0.4, -0.2) is 11.1 Å². The van der Waals surface area contributed by atoms with E-state index >= 15 is 0 Å². The predicted molar refractivity (Wildman–Crippen MR) is 58.9 cm³/mol. The molecule has 0 spiro atoms. The third-order valence-electron chi connectivity index (χ3n) is 3.14. The van der Waals surface area contributed by atoms with Crippen molar-refractivity contribution in [2.24, 2.45) is 5.41 Å². The average Bonchev–Trinajstić information content (AvgIpc) is 2.54. The molecule has 2 nitrogen and oxygen atoms in total. The molecule has 0 saturated heterocycles. The fourth-order valence-corrected chi connectivity index (χ4v) is 2.43. The molecule has 0 aromatic heterocycles. The second-order valence-electron chi connectivity index (χ2n) is 5.88. The maximum atomic E-state index is 9.27. The summed E-state index contributed by atoms with van der Waals surface area (Å²) in [4.78, 5) is 0. The second kappa shape index (κ2) is 3.24. The Balaban J connectivity index is 2.71. The van der Waals surface area contributed by atoms with Gasteiger partial charge in [0.2, 0.25) is 0 Å². The van der Waals surface area contributed by atoms with Crippen LogP contribution in [0, 0.1) is 16.7 Å². The van der Waals surface area contributed by atoms with Crippen LogP contribution in [0.4, 0.5) is 0 Å². The molecule has 0 aromatic rings. The van der Waals surface area contributed by atoms with Crippen molar-refractivity contribution in [2.75, 3.05) is 0 Å². The van der Waals surface area contributed by atoms with Gasteiger partial charge in [-0.1, -0.05) is 20.3 Å². The van der Waals surface area contributed by atoms with E-state index in [4.69, 9.17) is 0 Å². The Hall–Kier alpha value is -0.550. The van der Waals surface area contributed by atoms with Crippen LogP contribution in [-0.2, 0) is 0 Å². The van der Waals surface area contributed by atoms with Crippen LogP contribution in [0.15, 0.2) is 0 Å². The van der Waals surface area contributed by atoms with Gasteiger partial charge in [-0.15, -0.1) is 0 Å². The van der Waals surface area contributed by atoms with Gasteiger partial charge in [-0.3, -0.25) is 5.32 Å². The molecule has 0 aromatic carbocycles. The van der Waals surface area contributed by atoms with Gasteiger partial charge < -0.3 is 0 Å². The van der Waals surface area contributed by atoms with E-state index in [1.54, 1.807) is 0 Å². The molecule has 1 fully saturated rings. The van der Waals surface area contributed by atoms with Crippen LogP contribution < -0.4 is 5.32 Å². The van der Waals surface area contributed by atoms with Gasteiger partial charge in [0.25, 0.3) is 0 Å². The molecule has 1 rings (SSSR count). The van der Waals surface area contributed by atoms with E-state index in [9.17, 15) is 5.26 Å². The zero-order chi connectivity index (χ0) is 11.0. The fraction of sp³-hybridized carbons (Fsp3) is 0.917. The molecule has 1 N–H and O–H groups in total. The van der Waals surface area contributed by atoms with E-state index in [0.29, 0.717) is 0 Å². The van der Waals surface area contributed by atoms with E-state index in [1.807, 2.05) is 0 Å². The van der Waals surface area contributed by atoms with Gasteiger partial charge in [0.15, 0.2) is 0 Å². The van der Waals surface area contributed by atoms with Crippen molar-refractivity contribution in [2.45, 2.75) is 65.0 Å². The third-order valence-corrected chi connectivity index (χ3v) is 3.14. The molecule has 2 atom stereocenters. The van der Waals surface area contributed by atoms with Crippen LogP contribution >= 0.6 is 0 Å². The summed E-state index contributed by atoms with van der Waals surface area (Å²) in [6.45, 7) is 10.8. The summed E-state index contributed by atoms with van der Waals surface area (Å²) < 4.78 is 0. The Morgan fingerprint density at radius 2 is 2.00 bits per heavy atom. The van der Waals surface area contributed by atoms with E-state index < -0.39 is 0 Å². The summed E-state index contributed by atoms with van der Waals surface area (Å²) in [5, 5.41) is 12.7. The summed E-state index contributed by atoms with van der Waals surface area (Å²) in [6, 6.07) is 2.47. The third kappa shape index (κ3) is 1.93. The lowest BCUT2D eigenvalue weighted by Gasteiger charge is -2.27. The molecule has 1 aliphatic rings. The minimum atomic E-state index is -0.263. The molecule has 1 aliphatic carbocycles. The number of nitriles is 1. The van der Waals surface area contributed by atoms with Gasteiger partial charge in [-0.2, -0.15) is 5.26 Å². The predicted octanol–water partition coefficient (Wildman–Crippen LogP) is 2.85. The molecule has 2 heteroatoms. The van der Waals surface area contributed by atoms with Crippen LogP contribution in [0.25, 0.3) is 0 Å². The van der Waals surface area contributed by atoms with Crippen LogP contribution in [0.5, 0.6) is 0 Å². The van der Waals surface area contributed by atoms with Crippen molar-refractivity contribution in [3.05, 3.63) is 0 Å². The molecule has 0 radical (unpaired) electrons. The van der Waals surface area contributed by atoms with Crippen molar-refractivity contribution >= 4 is 0 Å². The highest BCUT2D eigenvalue weighted by Crippen LogP contribution is 2.59. The molecule has 1 saturated carbocycles. The van der Waals surface area contributed by atoms with Crippen LogP contribution in [0.2, 0.25) is 0 Å². The monoisotopic (exact) mass is 194 g/mol. The van der Waals surface area contributed by atoms with Gasteiger partial charge in [-0.05, 0) is 33.6 Å². The lowest BCUT2D eigenvalue weighted by Crippen LogP contribution is -2.47. The maximum absolute atomic E-state index is 9.27. The van der Waals surface area contributed by atoms with Crippen molar-refractivity contribution in [3.63, 3.8) is 0 Å². The summed E-state index contributed by atoms with van der Waals surface area (Å²) in [7, 11) is 0. The minimum Gasteiger partial charge on any atom is -0.294 e. The van der Waals surface area contributed by atoms with Gasteiger partial charge in [0, 0.05) is 11.0 Å². The van der Waals surface area contributed by atoms with E-state index in [2.05, 4.69) is 46.0 Å². The molecule has 14 heavy (non-hydrogen) atoms. The first-order valence-electron chi connectivity index (χ1n) is 5.49. The largest absolute Gasteiger partial charge is 0.294 e. The zero-order valence-electron chi connectivity index (χ0n) is 10.1. The number of hydrogen-bond donors (Lipinski definition) is 1. The zero-order valence-corrected chi connectivity index (χ0v) is 10.1. The second-order valence-corrected chi connectivity index (χ2v) is 5.88. The van der Waals surface area contributed by atoms with Crippen LogP contribution in [0.3, 0.4) is 0 Å². The number of nitrogens with one attached hydrogen (secondary N) is 1. The average molecular weight is 194 g/mol. The van der Waals surface area contributed by atoms with Gasteiger partial charge in [-0.25, -0.2) is 0 Å². The number of hydrogen-bond acceptors (Lipinski definition) is 2. The Morgan fingerprint density at radius 1 is 1.43 bits per heavy atom. The Bertz CT molecular complexity index is 258. The molecule has 0 bridgehead atoms. The highest BCUT2D eigenvalue weighted by atomic mass is 15.1. The highest BCUT2D eigenvalue weighted by molar-refractivity contribution is 5.31. The van der Waals surface area contributed by atoms with Crippen LogP contribution in [0.1, 0.15) is 53.9 Å². The SMILES string of the molecule is CCCC1(C)CC1(C#N)NC(C)(C)C. The van der Waals surface area contributed by atoms with Gasteiger partial charge in [0.05, 0.1) is 6.07 Å². The normalized spacial score (nSPS) is 36.6. The summed E-state index contributed by atoms with van der Waals surface area (Å²) in [5.41, 5.74) is -0.0354. The molecule has 2 unspecified atom stereocenters. The van der Waals surface area contributed by atoms with E-state index in [0.717, 1.165) is 19.3 Å². The Morgan fingerprint density at radius 3 is 2.36 bits per heavy atom. The lowest BCUT2D eigenvalue weighted by atomic mass is 9.95. The summed E-state index contributed by atoms with van der Waals surface area (Å²) in [6.07, 6.45) is 3.30. The van der Waals surface area contributed by atoms with Crippen molar-refractivity contribution < 1.29 is 0 Å². The van der Waals surface area contributed by atoms with E-state index in [1.165, 1.54) is 0 Å². The lowest BCUT2D eigenvalue weighted by molar-refractivity contribution is 0.324. The first kappa shape index (κ1) is 11.5. The molecule has 80 valence electrons. The molecule has 0 aliphatic heterocycles. The smallest absolute Gasteiger partial charge is 0.113 e.